The molecule has 1 fully saturated rings. The summed E-state index contributed by atoms with van der Waals surface area (Å²) in [6.45, 7) is 1.84. The van der Waals surface area contributed by atoms with Gasteiger partial charge in [-0.25, -0.2) is 0 Å². The average molecular weight is 263 g/mol. The fourth-order valence-corrected chi connectivity index (χ4v) is 2.24. The zero-order valence-electron chi connectivity index (χ0n) is 10.6. The molecule has 0 bridgehead atoms. The van der Waals surface area contributed by atoms with Crippen LogP contribution in [0.5, 0.6) is 0 Å². The minimum Gasteiger partial charge on any atom is -0.351 e. The largest absolute Gasteiger partial charge is 0.351 e. The number of para-hydroxylation sites is 1. The Morgan fingerprint density at radius 3 is 2.95 bits per heavy atom. The molecule has 6 nitrogen and oxygen atoms in total. The summed E-state index contributed by atoms with van der Waals surface area (Å²) in [6.07, 6.45) is 1.86. The van der Waals surface area contributed by atoms with Gasteiger partial charge in [-0.15, -0.1) is 0 Å². The lowest BCUT2D eigenvalue weighted by Gasteiger charge is -2.21. The summed E-state index contributed by atoms with van der Waals surface area (Å²) in [7, 11) is 0. The van der Waals surface area contributed by atoms with Crippen LogP contribution in [0.25, 0.3) is 0 Å². The Morgan fingerprint density at radius 2 is 2.26 bits per heavy atom. The third-order valence-corrected chi connectivity index (χ3v) is 3.31. The Bertz CT molecular complexity index is 470. The van der Waals surface area contributed by atoms with Crippen LogP contribution in [-0.2, 0) is 11.3 Å². The van der Waals surface area contributed by atoms with E-state index < -0.39 is 4.92 Å². The van der Waals surface area contributed by atoms with Crippen LogP contribution in [0, 0.1) is 16.0 Å². The molecule has 1 aromatic rings. The summed E-state index contributed by atoms with van der Waals surface area (Å²) in [5, 5.41) is 16.8. The molecule has 1 atom stereocenters. The summed E-state index contributed by atoms with van der Waals surface area (Å²) in [5.74, 6) is -0.0677. The fraction of sp³-hybridized carbons (Fsp3) is 0.462. The number of carbonyl (C=O) groups is 1. The first-order valence-corrected chi connectivity index (χ1v) is 6.39. The Balaban J connectivity index is 1.94. The molecule has 6 heteroatoms. The standard InChI is InChI=1S/C13H17N3O3/c17-13(11-5-3-7-14-8-11)15-9-10-4-1-2-6-12(10)16(18)19/h1-2,4,6,11,14H,3,5,7-9H2,(H,15,17)/t11-/m0/s1. The van der Waals surface area contributed by atoms with Crippen LogP contribution in [0.3, 0.4) is 0 Å². The Kier molecular flexibility index (Phi) is 4.46. The quantitative estimate of drug-likeness (QED) is 0.631. The van der Waals surface area contributed by atoms with Gasteiger partial charge >= 0.3 is 0 Å². The second kappa shape index (κ2) is 6.29. The predicted octanol–water partition coefficient (Wildman–Crippen LogP) is 1.21. The second-order valence-electron chi connectivity index (χ2n) is 4.65. The summed E-state index contributed by atoms with van der Waals surface area (Å²) < 4.78 is 0. The monoisotopic (exact) mass is 263 g/mol. The van der Waals surface area contributed by atoms with Crippen LogP contribution in [0.2, 0.25) is 0 Å². The van der Waals surface area contributed by atoms with E-state index in [0.717, 1.165) is 19.4 Å². The van der Waals surface area contributed by atoms with E-state index in [0.29, 0.717) is 12.1 Å². The molecule has 0 unspecified atom stereocenters. The van der Waals surface area contributed by atoms with E-state index in [2.05, 4.69) is 10.6 Å². The topological polar surface area (TPSA) is 84.3 Å². The van der Waals surface area contributed by atoms with E-state index in [9.17, 15) is 14.9 Å². The smallest absolute Gasteiger partial charge is 0.274 e. The second-order valence-corrected chi connectivity index (χ2v) is 4.65. The number of nitrogens with zero attached hydrogens (tertiary/aromatic N) is 1. The van der Waals surface area contributed by atoms with Crippen molar-refractivity contribution in [2.24, 2.45) is 5.92 Å². The maximum Gasteiger partial charge on any atom is 0.274 e. The Labute approximate surface area is 111 Å². The molecule has 0 aliphatic carbocycles. The van der Waals surface area contributed by atoms with Crippen molar-refractivity contribution < 1.29 is 9.72 Å². The number of piperidine rings is 1. The van der Waals surface area contributed by atoms with Crippen molar-refractivity contribution in [1.29, 1.82) is 0 Å². The molecule has 1 heterocycles. The third-order valence-electron chi connectivity index (χ3n) is 3.31. The number of nitro groups is 1. The number of rotatable bonds is 4. The van der Waals surface area contributed by atoms with Crippen LogP contribution in [-0.4, -0.2) is 23.9 Å². The van der Waals surface area contributed by atoms with Gasteiger partial charge in [-0.05, 0) is 19.4 Å². The van der Waals surface area contributed by atoms with Crippen molar-refractivity contribution in [3.8, 4) is 0 Å². The first-order valence-electron chi connectivity index (χ1n) is 6.39. The van der Waals surface area contributed by atoms with Crippen LogP contribution >= 0.6 is 0 Å². The van der Waals surface area contributed by atoms with E-state index in [1.807, 2.05) is 0 Å². The highest BCUT2D eigenvalue weighted by Gasteiger charge is 2.21. The molecule has 0 radical (unpaired) electrons. The number of nitrogens with one attached hydrogen (secondary N) is 2. The number of nitro benzene ring substituents is 1. The lowest BCUT2D eigenvalue weighted by Crippen LogP contribution is -2.40. The van der Waals surface area contributed by atoms with Gasteiger partial charge < -0.3 is 10.6 Å². The zero-order valence-corrected chi connectivity index (χ0v) is 10.6. The number of carbonyl (C=O) groups excluding carboxylic acids is 1. The summed E-state index contributed by atoms with van der Waals surface area (Å²) in [6, 6.07) is 6.46. The Morgan fingerprint density at radius 1 is 1.47 bits per heavy atom. The highest BCUT2D eigenvalue weighted by molar-refractivity contribution is 5.79. The molecule has 1 amide bonds. The van der Waals surface area contributed by atoms with Crippen molar-refractivity contribution in [2.45, 2.75) is 19.4 Å². The van der Waals surface area contributed by atoms with E-state index in [1.54, 1.807) is 18.2 Å². The molecule has 2 rings (SSSR count). The van der Waals surface area contributed by atoms with Gasteiger partial charge in [0.1, 0.15) is 0 Å². The molecule has 2 N–H and O–H groups in total. The van der Waals surface area contributed by atoms with Gasteiger partial charge in [0, 0.05) is 24.7 Å². The normalized spacial score (nSPS) is 18.8. The number of amides is 1. The SMILES string of the molecule is O=C(NCc1ccccc1[N+](=O)[O-])[C@H]1CCCNC1. The van der Waals surface area contributed by atoms with Gasteiger partial charge in [-0.3, -0.25) is 14.9 Å². The van der Waals surface area contributed by atoms with Crippen LogP contribution in [0.4, 0.5) is 5.69 Å². The van der Waals surface area contributed by atoms with Gasteiger partial charge in [0.15, 0.2) is 0 Å². The predicted molar refractivity (Wildman–Crippen MR) is 70.5 cm³/mol. The highest BCUT2D eigenvalue weighted by Crippen LogP contribution is 2.17. The van der Waals surface area contributed by atoms with Gasteiger partial charge in [0.05, 0.1) is 10.8 Å². The summed E-state index contributed by atoms with van der Waals surface area (Å²) >= 11 is 0. The average Bonchev–Trinajstić information content (AvgIpc) is 2.46. The van der Waals surface area contributed by atoms with E-state index >= 15 is 0 Å². The van der Waals surface area contributed by atoms with Crippen molar-refractivity contribution in [1.82, 2.24) is 10.6 Å². The molecular formula is C13H17N3O3. The molecule has 1 aromatic carbocycles. The molecule has 0 saturated carbocycles. The highest BCUT2D eigenvalue weighted by atomic mass is 16.6. The molecule has 1 aliphatic rings. The van der Waals surface area contributed by atoms with Gasteiger partial charge in [0.25, 0.3) is 5.69 Å². The Hall–Kier alpha value is -1.95. The molecule has 1 saturated heterocycles. The fourth-order valence-electron chi connectivity index (χ4n) is 2.24. The minimum atomic E-state index is -0.427. The first-order chi connectivity index (χ1) is 9.18. The lowest BCUT2D eigenvalue weighted by atomic mass is 9.99. The van der Waals surface area contributed by atoms with Crippen molar-refractivity contribution in [3.05, 3.63) is 39.9 Å². The van der Waals surface area contributed by atoms with E-state index in [1.165, 1.54) is 6.07 Å². The molecule has 102 valence electrons. The minimum absolute atomic E-state index is 0.0310. The summed E-state index contributed by atoms with van der Waals surface area (Å²) in [5.41, 5.74) is 0.578. The molecule has 0 aromatic heterocycles. The number of hydrogen-bond donors (Lipinski definition) is 2. The number of hydrogen-bond acceptors (Lipinski definition) is 4. The number of benzene rings is 1. The van der Waals surface area contributed by atoms with Gasteiger partial charge in [0.2, 0.25) is 5.91 Å². The lowest BCUT2D eigenvalue weighted by molar-refractivity contribution is -0.385. The third kappa shape index (κ3) is 3.51. The molecular weight excluding hydrogens is 246 g/mol. The molecule has 0 spiro atoms. The summed E-state index contributed by atoms with van der Waals surface area (Å²) in [4.78, 5) is 22.4. The van der Waals surface area contributed by atoms with Gasteiger partial charge in [-0.1, -0.05) is 18.2 Å². The maximum absolute atomic E-state index is 11.9. The van der Waals surface area contributed by atoms with E-state index in [-0.39, 0.29) is 24.1 Å². The van der Waals surface area contributed by atoms with Crippen molar-refractivity contribution >= 4 is 11.6 Å². The maximum atomic E-state index is 11.9. The zero-order chi connectivity index (χ0) is 13.7. The molecule has 19 heavy (non-hydrogen) atoms. The van der Waals surface area contributed by atoms with Crippen molar-refractivity contribution in [2.75, 3.05) is 13.1 Å². The van der Waals surface area contributed by atoms with Crippen LogP contribution in [0.15, 0.2) is 24.3 Å². The van der Waals surface area contributed by atoms with Crippen LogP contribution < -0.4 is 10.6 Å². The first kappa shape index (κ1) is 13.5. The van der Waals surface area contributed by atoms with Crippen LogP contribution in [0.1, 0.15) is 18.4 Å². The molecule has 1 aliphatic heterocycles. The van der Waals surface area contributed by atoms with Crippen molar-refractivity contribution in [3.63, 3.8) is 0 Å². The van der Waals surface area contributed by atoms with Gasteiger partial charge in [-0.2, -0.15) is 0 Å². The van der Waals surface area contributed by atoms with E-state index in [4.69, 9.17) is 0 Å².